The molecule has 1 aromatic carbocycles. The van der Waals surface area contributed by atoms with Crippen LogP contribution >= 0.6 is 11.6 Å². The van der Waals surface area contributed by atoms with E-state index < -0.39 is 23.4 Å². The molecule has 0 saturated heterocycles. The number of carbonyl (C=O) groups is 1. The highest BCUT2D eigenvalue weighted by molar-refractivity contribution is 6.32. The van der Waals surface area contributed by atoms with Crippen LogP contribution in [-0.2, 0) is 4.79 Å². The van der Waals surface area contributed by atoms with Gasteiger partial charge in [-0.25, -0.2) is 9.98 Å². The van der Waals surface area contributed by atoms with E-state index in [0.717, 1.165) is 4.80 Å². The molecule has 3 N–H and O–H groups in total. The first-order valence-corrected chi connectivity index (χ1v) is 9.44. The molecule has 0 fully saturated rings. The van der Waals surface area contributed by atoms with E-state index in [4.69, 9.17) is 22.6 Å². The highest BCUT2D eigenvalue weighted by atomic mass is 35.5. The SMILES string of the molecule is Cc1cc(C#N)ccc1N=C(C(=CN)C(=O)Nc1cnc(-n2nccn2)c(Cl)c1)C(F)(F)F. The van der Waals surface area contributed by atoms with Crippen LogP contribution in [0.25, 0.3) is 5.82 Å². The van der Waals surface area contributed by atoms with Crippen molar-refractivity contribution >= 4 is 34.6 Å². The van der Waals surface area contributed by atoms with Crippen molar-refractivity contribution in [3.05, 3.63) is 70.8 Å². The first kappa shape index (κ1) is 23.4. The van der Waals surface area contributed by atoms with Crippen molar-refractivity contribution in [3.8, 4) is 11.9 Å². The molecule has 0 spiro atoms. The van der Waals surface area contributed by atoms with Crippen molar-refractivity contribution in [2.24, 2.45) is 10.7 Å². The second kappa shape index (κ2) is 9.49. The Labute approximate surface area is 190 Å². The molecule has 33 heavy (non-hydrogen) atoms. The molecule has 0 radical (unpaired) electrons. The number of aliphatic imine (C=N–C) groups is 1. The molecule has 168 valence electrons. The summed E-state index contributed by atoms with van der Waals surface area (Å²) < 4.78 is 41.4. The van der Waals surface area contributed by atoms with Gasteiger partial charge in [0, 0.05) is 6.20 Å². The van der Waals surface area contributed by atoms with Crippen LogP contribution in [0.1, 0.15) is 11.1 Å². The average molecular weight is 475 g/mol. The number of hydrogen-bond acceptors (Lipinski definition) is 7. The summed E-state index contributed by atoms with van der Waals surface area (Å²) in [4.78, 5) is 21.4. The Morgan fingerprint density at radius 2 is 2.00 bits per heavy atom. The summed E-state index contributed by atoms with van der Waals surface area (Å²) in [6.45, 7) is 1.49. The Balaban J connectivity index is 1.93. The Hall–Kier alpha value is -4.24. The van der Waals surface area contributed by atoms with Gasteiger partial charge in [0.25, 0.3) is 5.91 Å². The lowest BCUT2D eigenvalue weighted by atomic mass is 10.1. The number of alkyl halides is 3. The second-order valence-corrected chi connectivity index (χ2v) is 6.86. The van der Waals surface area contributed by atoms with Crippen LogP contribution in [0.5, 0.6) is 0 Å². The van der Waals surface area contributed by atoms with E-state index in [1.54, 1.807) is 0 Å². The van der Waals surface area contributed by atoms with Gasteiger partial charge in [0.05, 0.1) is 52.2 Å². The van der Waals surface area contributed by atoms with E-state index in [9.17, 15) is 18.0 Å². The van der Waals surface area contributed by atoms with Crippen LogP contribution in [0.15, 0.2) is 59.6 Å². The topological polar surface area (TPSA) is 135 Å². The zero-order valence-corrected chi connectivity index (χ0v) is 17.6. The number of anilines is 1. The third-order valence-corrected chi connectivity index (χ3v) is 4.46. The normalized spacial score (nSPS) is 12.4. The molecule has 0 atom stereocenters. The first-order chi connectivity index (χ1) is 15.6. The number of rotatable bonds is 5. The molecular weight excluding hydrogens is 461 g/mol. The van der Waals surface area contributed by atoms with Gasteiger partial charge in [-0.3, -0.25) is 4.79 Å². The van der Waals surface area contributed by atoms with Crippen molar-refractivity contribution in [2.45, 2.75) is 13.1 Å². The number of pyridine rings is 1. The molecule has 2 aromatic heterocycles. The molecule has 0 bridgehead atoms. The summed E-state index contributed by atoms with van der Waals surface area (Å²) in [5.74, 6) is -1.02. The molecule has 0 saturated carbocycles. The summed E-state index contributed by atoms with van der Waals surface area (Å²) >= 11 is 6.12. The van der Waals surface area contributed by atoms with Gasteiger partial charge in [0.2, 0.25) is 0 Å². The number of carbonyl (C=O) groups excluding carboxylic acids is 1. The summed E-state index contributed by atoms with van der Waals surface area (Å²) in [5, 5.41) is 19.0. The molecule has 0 unspecified atom stereocenters. The van der Waals surface area contributed by atoms with Gasteiger partial charge in [-0.1, -0.05) is 11.6 Å². The highest BCUT2D eigenvalue weighted by Crippen LogP contribution is 2.29. The number of benzene rings is 1. The van der Waals surface area contributed by atoms with Crippen LogP contribution in [0, 0.1) is 18.3 Å². The van der Waals surface area contributed by atoms with E-state index in [2.05, 4.69) is 25.5 Å². The molecule has 13 heteroatoms. The zero-order chi connectivity index (χ0) is 24.2. The average Bonchev–Trinajstić information content (AvgIpc) is 3.28. The lowest BCUT2D eigenvalue weighted by Crippen LogP contribution is -2.32. The summed E-state index contributed by atoms with van der Waals surface area (Å²) in [5.41, 5.74) is 3.45. The van der Waals surface area contributed by atoms with Crippen LogP contribution < -0.4 is 11.1 Å². The fourth-order valence-corrected chi connectivity index (χ4v) is 2.92. The molecule has 9 nitrogen and oxygen atoms in total. The number of aryl methyl sites for hydroxylation is 1. The molecule has 3 aromatic rings. The van der Waals surface area contributed by atoms with Gasteiger partial charge in [-0.2, -0.15) is 28.6 Å². The number of amides is 1. The zero-order valence-electron chi connectivity index (χ0n) is 16.8. The summed E-state index contributed by atoms with van der Waals surface area (Å²) in [6.07, 6.45) is -0.517. The second-order valence-electron chi connectivity index (χ2n) is 6.45. The number of nitriles is 1. The molecule has 3 rings (SSSR count). The van der Waals surface area contributed by atoms with Gasteiger partial charge in [0.15, 0.2) is 11.5 Å². The molecule has 0 aliphatic carbocycles. The minimum atomic E-state index is -5.01. The number of aromatic nitrogens is 4. The highest BCUT2D eigenvalue weighted by Gasteiger charge is 2.40. The largest absolute Gasteiger partial charge is 0.434 e. The van der Waals surface area contributed by atoms with Crippen molar-refractivity contribution in [3.63, 3.8) is 0 Å². The van der Waals surface area contributed by atoms with E-state index >= 15 is 0 Å². The molecule has 1 amide bonds. The van der Waals surface area contributed by atoms with E-state index in [0.29, 0.717) is 11.8 Å². The fraction of sp³-hybridized carbons (Fsp3) is 0.100. The van der Waals surface area contributed by atoms with E-state index in [1.165, 1.54) is 49.8 Å². The van der Waals surface area contributed by atoms with Crippen molar-refractivity contribution in [1.29, 1.82) is 5.26 Å². The smallest absolute Gasteiger partial charge is 0.404 e. The molecule has 2 heterocycles. The van der Waals surface area contributed by atoms with Gasteiger partial charge in [0.1, 0.15) is 0 Å². The van der Waals surface area contributed by atoms with Gasteiger partial charge < -0.3 is 11.1 Å². The van der Waals surface area contributed by atoms with Crippen LogP contribution in [0.4, 0.5) is 24.5 Å². The monoisotopic (exact) mass is 474 g/mol. The standard InChI is InChI=1S/C20H14ClF3N8O/c1-11-6-12(8-25)2-3-16(11)31-17(20(22,23)24)14(9-26)19(33)30-13-7-15(21)18(27-10-13)32-28-4-5-29-32/h2-7,9-10H,26H2,1H3,(H,30,33). The number of halogens is 4. The molecule has 0 aliphatic rings. The lowest BCUT2D eigenvalue weighted by Gasteiger charge is -2.15. The third-order valence-electron chi connectivity index (χ3n) is 4.18. The van der Waals surface area contributed by atoms with Crippen LogP contribution in [0.3, 0.4) is 0 Å². The van der Waals surface area contributed by atoms with Crippen LogP contribution in [0.2, 0.25) is 5.02 Å². The Morgan fingerprint density at radius 3 is 2.55 bits per heavy atom. The predicted molar refractivity (Wildman–Crippen MR) is 114 cm³/mol. The van der Waals surface area contributed by atoms with E-state index in [1.807, 2.05) is 6.07 Å². The Morgan fingerprint density at radius 1 is 1.30 bits per heavy atom. The number of nitrogens with one attached hydrogen (secondary N) is 1. The van der Waals surface area contributed by atoms with Gasteiger partial charge >= 0.3 is 6.18 Å². The Bertz CT molecular complexity index is 1290. The predicted octanol–water partition coefficient (Wildman–Crippen LogP) is 3.61. The third kappa shape index (κ3) is 5.34. The minimum Gasteiger partial charge on any atom is -0.404 e. The molecular formula is C20H14ClF3N8O. The van der Waals surface area contributed by atoms with Gasteiger partial charge in [-0.15, -0.1) is 4.80 Å². The first-order valence-electron chi connectivity index (χ1n) is 9.06. The minimum absolute atomic E-state index is 0.0105. The number of nitrogens with two attached hydrogens (primary N) is 1. The lowest BCUT2D eigenvalue weighted by molar-refractivity contribution is -0.113. The van der Waals surface area contributed by atoms with Crippen molar-refractivity contribution in [1.82, 2.24) is 20.0 Å². The Kier molecular flexibility index (Phi) is 6.74. The summed E-state index contributed by atoms with van der Waals surface area (Å²) in [7, 11) is 0. The summed E-state index contributed by atoms with van der Waals surface area (Å²) in [6, 6.07) is 7.10. The quantitative estimate of drug-likeness (QED) is 0.428. The van der Waals surface area contributed by atoms with E-state index in [-0.39, 0.29) is 27.8 Å². The van der Waals surface area contributed by atoms with Crippen LogP contribution in [-0.4, -0.2) is 37.8 Å². The number of nitrogens with zero attached hydrogens (tertiary/aromatic N) is 6. The van der Waals surface area contributed by atoms with Crippen molar-refractivity contribution in [2.75, 3.05) is 5.32 Å². The maximum absolute atomic E-state index is 13.8. The maximum atomic E-state index is 13.8. The fourth-order valence-electron chi connectivity index (χ4n) is 2.68. The number of hydrogen-bond donors (Lipinski definition) is 2. The maximum Gasteiger partial charge on any atom is 0.434 e. The molecule has 0 aliphatic heterocycles. The van der Waals surface area contributed by atoms with Crippen molar-refractivity contribution < 1.29 is 18.0 Å². The van der Waals surface area contributed by atoms with Gasteiger partial charge in [-0.05, 0) is 36.8 Å².